The van der Waals surface area contributed by atoms with Crippen molar-refractivity contribution < 1.29 is 28.9 Å². The minimum atomic E-state index is -1.82. The first-order valence-corrected chi connectivity index (χ1v) is 7.45. The van der Waals surface area contributed by atoms with Crippen LogP contribution in [0.1, 0.15) is 5.56 Å². The van der Waals surface area contributed by atoms with Crippen LogP contribution in [0.2, 0.25) is 0 Å². The van der Waals surface area contributed by atoms with Crippen LogP contribution in [0, 0.1) is 5.82 Å². The van der Waals surface area contributed by atoms with Crippen LogP contribution >= 0.6 is 0 Å². The number of likely N-dealkylation sites (N-methyl/N-ethyl adjacent to an activating group) is 1. The van der Waals surface area contributed by atoms with E-state index >= 15 is 0 Å². The first kappa shape index (κ1) is 20.1. The molecular weight excluding hydrogens is 329 g/mol. The standard InChI is InChI=1S/C16H18FNO.C2H2O4/c1-18(13-14-5-3-2-4-6-14)11-12-19-16-9-7-15(17)8-10-16;3-1(4)2(5)6/h2-10H,11-13H2,1H3;(H,3,4)(H,5,6). The molecule has 2 rings (SSSR count). The number of nitrogens with zero attached hydrogens (tertiary/aromatic N) is 1. The molecule has 0 bridgehead atoms. The highest BCUT2D eigenvalue weighted by Crippen LogP contribution is 2.11. The third-order valence-corrected chi connectivity index (χ3v) is 3.03. The van der Waals surface area contributed by atoms with Crippen molar-refractivity contribution in [3.63, 3.8) is 0 Å². The van der Waals surface area contributed by atoms with Crippen LogP contribution < -0.4 is 4.74 Å². The van der Waals surface area contributed by atoms with Gasteiger partial charge >= 0.3 is 11.9 Å². The monoisotopic (exact) mass is 349 g/mol. The summed E-state index contributed by atoms with van der Waals surface area (Å²) in [6.45, 7) is 2.31. The zero-order valence-corrected chi connectivity index (χ0v) is 13.8. The highest BCUT2D eigenvalue weighted by atomic mass is 19.1. The second kappa shape index (κ2) is 10.8. The van der Waals surface area contributed by atoms with Crippen LogP contribution in [0.3, 0.4) is 0 Å². The molecule has 6 nitrogen and oxygen atoms in total. The van der Waals surface area contributed by atoms with Crippen molar-refractivity contribution in [3.8, 4) is 5.75 Å². The molecule has 0 fully saturated rings. The van der Waals surface area contributed by atoms with Crippen LogP contribution in [-0.4, -0.2) is 47.3 Å². The lowest BCUT2D eigenvalue weighted by Crippen LogP contribution is -2.23. The largest absolute Gasteiger partial charge is 0.492 e. The van der Waals surface area contributed by atoms with E-state index in [1.807, 2.05) is 18.2 Å². The summed E-state index contributed by atoms with van der Waals surface area (Å²) in [5.41, 5.74) is 1.28. The highest BCUT2D eigenvalue weighted by molar-refractivity contribution is 6.27. The van der Waals surface area contributed by atoms with Crippen LogP contribution in [0.15, 0.2) is 54.6 Å². The van der Waals surface area contributed by atoms with Gasteiger partial charge < -0.3 is 14.9 Å². The van der Waals surface area contributed by atoms with E-state index in [2.05, 4.69) is 24.1 Å². The first-order valence-electron chi connectivity index (χ1n) is 7.45. The van der Waals surface area contributed by atoms with Gasteiger partial charge in [0.15, 0.2) is 0 Å². The summed E-state index contributed by atoms with van der Waals surface area (Å²) in [7, 11) is 2.06. The SMILES string of the molecule is CN(CCOc1ccc(F)cc1)Cc1ccccc1.O=C(O)C(=O)O. The second-order valence-electron chi connectivity index (χ2n) is 5.14. The molecule has 0 aromatic heterocycles. The minimum Gasteiger partial charge on any atom is -0.492 e. The normalized spacial score (nSPS) is 9.88. The molecule has 0 unspecified atom stereocenters. The van der Waals surface area contributed by atoms with E-state index in [1.165, 1.54) is 17.7 Å². The Balaban J connectivity index is 0.000000450. The predicted octanol–water partition coefficient (Wildman–Crippen LogP) is 2.49. The van der Waals surface area contributed by atoms with Gasteiger partial charge in [0.2, 0.25) is 0 Å². The number of carboxylic acid groups (broad SMARTS) is 2. The minimum absolute atomic E-state index is 0.242. The third-order valence-electron chi connectivity index (χ3n) is 3.03. The van der Waals surface area contributed by atoms with Crippen molar-refractivity contribution in [2.24, 2.45) is 0 Å². The zero-order valence-electron chi connectivity index (χ0n) is 13.8. The summed E-state index contributed by atoms with van der Waals surface area (Å²) in [6, 6.07) is 16.4. The number of rotatable bonds is 6. The number of benzene rings is 2. The van der Waals surface area contributed by atoms with E-state index in [4.69, 9.17) is 24.5 Å². The predicted molar refractivity (Wildman–Crippen MR) is 89.9 cm³/mol. The number of hydrogen-bond acceptors (Lipinski definition) is 4. The van der Waals surface area contributed by atoms with Gasteiger partial charge in [-0.1, -0.05) is 30.3 Å². The maximum Gasteiger partial charge on any atom is 0.414 e. The van der Waals surface area contributed by atoms with Crippen molar-refractivity contribution >= 4 is 11.9 Å². The molecule has 2 aromatic rings. The number of carboxylic acids is 2. The van der Waals surface area contributed by atoms with E-state index in [0.717, 1.165) is 13.1 Å². The number of carbonyl (C=O) groups is 2. The molecule has 0 aliphatic heterocycles. The average Bonchev–Trinajstić information content (AvgIpc) is 2.58. The van der Waals surface area contributed by atoms with Crippen molar-refractivity contribution in [1.82, 2.24) is 4.90 Å². The third kappa shape index (κ3) is 9.07. The van der Waals surface area contributed by atoms with Crippen LogP contribution in [0.5, 0.6) is 5.75 Å². The molecular formula is C18H20FNO5. The van der Waals surface area contributed by atoms with Crippen LogP contribution in [0.25, 0.3) is 0 Å². The van der Waals surface area contributed by atoms with Crippen molar-refractivity contribution in [3.05, 3.63) is 66.0 Å². The first-order chi connectivity index (χ1) is 11.9. The molecule has 0 heterocycles. The Morgan fingerprint density at radius 2 is 1.56 bits per heavy atom. The molecule has 0 amide bonds. The van der Waals surface area contributed by atoms with E-state index < -0.39 is 11.9 Å². The molecule has 25 heavy (non-hydrogen) atoms. The fraction of sp³-hybridized carbons (Fsp3) is 0.222. The quantitative estimate of drug-likeness (QED) is 0.779. The highest BCUT2D eigenvalue weighted by Gasteiger charge is 2.04. The maximum atomic E-state index is 12.7. The van der Waals surface area contributed by atoms with Crippen LogP contribution in [-0.2, 0) is 16.1 Å². The zero-order chi connectivity index (χ0) is 18.7. The van der Waals surface area contributed by atoms with Gasteiger partial charge in [-0.3, -0.25) is 4.90 Å². The van der Waals surface area contributed by atoms with Gasteiger partial charge in [0.1, 0.15) is 18.2 Å². The van der Waals surface area contributed by atoms with Gasteiger partial charge in [-0.2, -0.15) is 0 Å². The Hall–Kier alpha value is -2.93. The van der Waals surface area contributed by atoms with Crippen molar-refractivity contribution in [1.29, 1.82) is 0 Å². The smallest absolute Gasteiger partial charge is 0.414 e. The summed E-state index contributed by atoms with van der Waals surface area (Å²) in [6.07, 6.45) is 0. The fourth-order valence-corrected chi connectivity index (χ4v) is 1.82. The van der Waals surface area contributed by atoms with Gasteiger partial charge in [0, 0.05) is 13.1 Å². The maximum absolute atomic E-state index is 12.7. The van der Waals surface area contributed by atoms with Gasteiger partial charge in [-0.15, -0.1) is 0 Å². The van der Waals surface area contributed by atoms with E-state index in [-0.39, 0.29) is 5.82 Å². The molecule has 0 radical (unpaired) electrons. The van der Waals surface area contributed by atoms with Gasteiger partial charge in [-0.25, -0.2) is 14.0 Å². The summed E-state index contributed by atoms with van der Waals surface area (Å²) >= 11 is 0. The van der Waals surface area contributed by atoms with Gasteiger partial charge in [0.25, 0.3) is 0 Å². The van der Waals surface area contributed by atoms with Crippen LogP contribution in [0.4, 0.5) is 4.39 Å². The number of aliphatic carboxylic acids is 2. The molecule has 0 atom stereocenters. The van der Waals surface area contributed by atoms with Gasteiger partial charge in [0.05, 0.1) is 0 Å². The second-order valence-corrected chi connectivity index (χ2v) is 5.14. The fourth-order valence-electron chi connectivity index (χ4n) is 1.82. The van der Waals surface area contributed by atoms with Crippen molar-refractivity contribution in [2.75, 3.05) is 20.2 Å². The molecule has 2 aromatic carbocycles. The Morgan fingerprint density at radius 3 is 2.08 bits per heavy atom. The number of halogens is 1. The Bertz CT molecular complexity index is 649. The van der Waals surface area contributed by atoms with Crippen molar-refractivity contribution in [2.45, 2.75) is 6.54 Å². The lowest BCUT2D eigenvalue weighted by atomic mass is 10.2. The van der Waals surface area contributed by atoms with E-state index in [9.17, 15) is 4.39 Å². The lowest BCUT2D eigenvalue weighted by Gasteiger charge is -2.17. The Labute approximate surface area is 145 Å². The number of hydrogen-bond donors (Lipinski definition) is 2. The molecule has 0 aliphatic carbocycles. The Kier molecular flexibility index (Phi) is 8.67. The number of ether oxygens (including phenoxy) is 1. The molecule has 7 heteroatoms. The summed E-state index contributed by atoms with van der Waals surface area (Å²) in [5.74, 6) is -3.19. The summed E-state index contributed by atoms with van der Waals surface area (Å²) in [4.78, 5) is 20.4. The molecule has 134 valence electrons. The molecule has 0 saturated carbocycles. The Morgan fingerprint density at radius 1 is 1.00 bits per heavy atom. The topological polar surface area (TPSA) is 87.1 Å². The molecule has 0 saturated heterocycles. The molecule has 2 N–H and O–H groups in total. The summed E-state index contributed by atoms with van der Waals surface area (Å²) < 4.78 is 18.3. The van der Waals surface area contributed by atoms with E-state index in [0.29, 0.717) is 12.4 Å². The summed E-state index contributed by atoms with van der Waals surface area (Å²) in [5, 5.41) is 14.8. The lowest BCUT2D eigenvalue weighted by molar-refractivity contribution is -0.159. The average molecular weight is 349 g/mol. The van der Waals surface area contributed by atoms with E-state index in [1.54, 1.807) is 12.1 Å². The molecule has 0 spiro atoms. The molecule has 0 aliphatic rings. The van der Waals surface area contributed by atoms with Gasteiger partial charge in [-0.05, 0) is 36.9 Å².